The molecule has 3 rings (SSSR count). The number of benzene rings is 2. The lowest BCUT2D eigenvalue weighted by Crippen LogP contribution is -2.44. The van der Waals surface area contributed by atoms with Gasteiger partial charge in [-0.1, -0.05) is 55.8 Å². The smallest absolute Gasteiger partial charge is 0.230 e. The Balaban J connectivity index is 2.09. The topological polar surface area (TPSA) is 46.2 Å². The van der Waals surface area contributed by atoms with Gasteiger partial charge in [0.05, 0.1) is 0 Å². The fourth-order valence-electron chi connectivity index (χ4n) is 3.35. The third-order valence-electron chi connectivity index (χ3n) is 4.31. The summed E-state index contributed by atoms with van der Waals surface area (Å²) in [6.07, 6.45) is 2.14. The standard InChI is InChI=1S/C18H19NO2/c1-2-6-15-16(11-17(20)19-18(15)21)14-10-5-8-12-7-3-4-9-13(12)14/h3-5,7-10,15-16H,2,6,11H2,1H3,(H,19,20,21). The fourth-order valence-corrected chi connectivity index (χ4v) is 3.35. The number of fused-ring (bicyclic) bond motifs is 1. The van der Waals surface area contributed by atoms with E-state index < -0.39 is 0 Å². The lowest BCUT2D eigenvalue weighted by atomic mass is 9.76. The normalized spacial score (nSPS) is 22.3. The number of piperidine rings is 1. The van der Waals surface area contributed by atoms with Crippen molar-refractivity contribution < 1.29 is 9.59 Å². The van der Waals surface area contributed by atoms with Gasteiger partial charge in [0.2, 0.25) is 11.8 Å². The first-order chi connectivity index (χ1) is 10.2. The molecule has 3 heteroatoms. The van der Waals surface area contributed by atoms with Crippen molar-refractivity contribution in [1.82, 2.24) is 5.32 Å². The maximum Gasteiger partial charge on any atom is 0.230 e. The molecular formula is C18H19NO2. The number of nitrogens with one attached hydrogen (secondary N) is 1. The SMILES string of the molecule is CCCC1C(=O)NC(=O)CC1c1cccc2ccccc12. The van der Waals surface area contributed by atoms with E-state index in [2.05, 4.69) is 36.5 Å². The van der Waals surface area contributed by atoms with E-state index in [1.54, 1.807) is 0 Å². The maximum absolute atomic E-state index is 12.2. The van der Waals surface area contributed by atoms with Crippen molar-refractivity contribution in [3.8, 4) is 0 Å². The summed E-state index contributed by atoms with van der Waals surface area (Å²) in [5.41, 5.74) is 1.12. The molecule has 1 aliphatic heterocycles. The number of hydrogen-bond acceptors (Lipinski definition) is 2. The molecular weight excluding hydrogens is 262 g/mol. The largest absolute Gasteiger partial charge is 0.296 e. The molecule has 0 bridgehead atoms. The van der Waals surface area contributed by atoms with Gasteiger partial charge in [-0.15, -0.1) is 0 Å². The molecule has 21 heavy (non-hydrogen) atoms. The molecule has 2 atom stereocenters. The van der Waals surface area contributed by atoms with Crippen LogP contribution in [0.1, 0.15) is 37.7 Å². The van der Waals surface area contributed by atoms with E-state index in [0.29, 0.717) is 6.42 Å². The number of carbonyl (C=O) groups is 2. The number of imide groups is 1. The molecule has 1 aliphatic rings. The first-order valence-electron chi connectivity index (χ1n) is 7.52. The van der Waals surface area contributed by atoms with Crippen LogP contribution in [0.4, 0.5) is 0 Å². The van der Waals surface area contributed by atoms with Gasteiger partial charge in [0.25, 0.3) is 0 Å². The van der Waals surface area contributed by atoms with Crippen molar-refractivity contribution in [2.45, 2.75) is 32.1 Å². The van der Waals surface area contributed by atoms with Crippen LogP contribution in [0.5, 0.6) is 0 Å². The van der Waals surface area contributed by atoms with Crippen LogP contribution in [0.3, 0.4) is 0 Å². The van der Waals surface area contributed by atoms with Gasteiger partial charge in [0, 0.05) is 18.3 Å². The highest BCUT2D eigenvalue weighted by Gasteiger charge is 2.36. The second-order valence-electron chi connectivity index (χ2n) is 5.69. The van der Waals surface area contributed by atoms with E-state index in [0.717, 1.165) is 29.2 Å². The molecule has 1 N–H and O–H groups in total. The predicted octanol–water partition coefficient (Wildman–Crippen LogP) is 3.39. The van der Waals surface area contributed by atoms with E-state index in [4.69, 9.17) is 0 Å². The quantitative estimate of drug-likeness (QED) is 0.877. The predicted molar refractivity (Wildman–Crippen MR) is 82.9 cm³/mol. The van der Waals surface area contributed by atoms with Gasteiger partial charge in [-0.25, -0.2) is 0 Å². The maximum atomic E-state index is 12.2. The zero-order valence-corrected chi connectivity index (χ0v) is 12.1. The summed E-state index contributed by atoms with van der Waals surface area (Å²) in [7, 11) is 0. The highest BCUT2D eigenvalue weighted by molar-refractivity contribution is 6.00. The average molecular weight is 281 g/mol. The van der Waals surface area contributed by atoms with Gasteiger partial charge < -0.3 is 0 Å². The van der Waals surface area contributed by atoms with Crippen molar-refractivity contribution in [2.75, 3.05) is 0 Å². The molecule has 0 spiro atoms. The molecule has 3 nitrogen and oxygen atoms in total. The Morgan fingerprint density at radius 1 is 1.10 bits per heavy atom. The Labute approximate surface area is 124 Å². The zero-order chi connectivity index (χ0) is 14.8. The molecule has 0 saturated carbocycles. The molecule has 108 valence electrons. The average Bonchev–Trinajstić information content (AvgIpc) is 2.49. The molecule has 0 aromatic heterocycles. The Morgan fingerprint density at radius 3 is 2.67 bits per heavy atom. The Bertz CT molecular complexity index is 687. The second kappa shape index (κ2) is 5.68. The van der Waals surface area contributed by atoms with Crippen LogP contribution in [0.2, 0.25) is 0 Å². The Kier molecular flexibility index (Phi) is 3.74. The van der Waals surface area contributed by atoms with E-state index >= 15 is 0 Å². The van der Waals surface area contributed by atoms with Gasteiger partial charge in [-0.3, -0.25) is 14.9 Å². The third kappa shape index (κ3) is 2.56. The van der Waals surface area contributed by atoms with Crippen molar-refractivity contribution in [3.05, 3.63) is 48.0 Å². The number of rotatable bonds is 3. The molecule has 2 aromatic carbocycles. The van der Waals surface area contributed by atoms with Crippen LogP contribution < -0.4 is 5.32 Å². The van der Waals surface area contributed by atoms with Gasteiger partial charge >= 0.3 is 0 Å². The number of amides is 2. The minimum Gasteiger partial charge on any atom is -0.296 e. The molecule has 0 radical (unpaired) electrons. The molecule has 1 saturated heterocycles. The second-order valence-corrected chi connectivity index (χ2v) is 5.69. The van der Waals surface area contributed by atoms with Crippen molar-refractivity contribution in [1.29, 1.82) is 0 Å². The Hall–Kier alpha value is -2.16. The van der Waals surface area contributed by atoms with E-state index in [-0.39, 0.29) is 23.7 Å². The van der Waals surface area contributed by atoms with Crippen molar-refractivity contribution in [3.63, 3.8) is 0 Å². The van der Waals surface area contributed by atoms with Crippen molar-refractivity contribution >= 4 is 22.6 Å². The van der Waals surface area contributed by atoms with Gasteiger partial charge in [0.15, 0.2) is 0 Å². The summed E-state index contributed by atoms with van der Waals surface area (Å²) in [5.74, 6) is -0.410. The molecule has 1 heterocycles. The van der Waals surface area contributed by atoms with Crippen molar-refractivity contribution in [2.24, 2.45) is 5.92 Å². The summed E-state index contributed by atoms with van der Waals surface area (Å²) >= 11 is 0. The van der Waals surface area contributed by atoms with Crippen LogP contribution in [-0.4, -0.2) is 11.8 Å². The van der Waals surface area contributed by atoms with E-state index in [9.17, 15) is 9.59 Å². The van der Waals surface area contributed by atoms with Gasteiger partial charge in [-0.2, -0.15) is 0 Å². The molecule has 0 aliphatic carbocycles. The summed E-state index contributed by atoms with van der Waals surface area (Å²) in [5, 5.41) is 4.79. The highest BCUT2D eigenvalue weighted by Crippen LogP contribution is 2.37. The van der Waals surface area contributed by atoms with E-state index in [1.807, 2.05) is 18.2 Å². The van der Waals surface area contributed by atoms with Crippen LogP contribution in [0.15, 0.2) is 42.5 Å². The summed E-state index contributed by atoms with van der Waals surface area (Å²) < 4.78 is 0. The zero-order valence-electron chi connectivity index (χ0n) is 12.1. The first-order valence-corrected chi connectivity index (χ1v) is 7.52. The van der Waals surface area contributed by atoms with E-state index in [1.165, 1.54) is 0 Å². The number of carbonyl (C=O) groups excluding carboxylic acids is 2. The lowest BCUT2D eigenvalue weighted by Gasteiger charge is -2.31. The summed E-state index contributed by atoms with van der Waals surface area (Å²) in [6.45, 7) is 2.07. The highest BCUT2D eigenvalue weighted by atomic mass is 16.2. The minimum atomic E-state index is -0.162. The summed E-state index contributed by atoms with van der Waals surface area (Å²) in [4.78, 5) is 24.0. The molecule has 1 fully saturated rings. The van der Waals surface area contributed by atoms with Gasteiger partial charge in [-0.05, 0) is 22.8 Å². The molecule has 2 amide bonds. The van der Waals surface area contributed by atoms with Crippen LogP contribution in [-0.2, 0) is 9.59 Å². The van der Waals surface area contributed by atoms with Crippen LogP contribution >= 0.6 is 0 Å². The summed E-state index contributed by atoms with van der Waals surface area (Å²) in [6, 6.07) is 14.3. The van der Waals surface area contributed by atoms with Crippen LogP contribution in [0.25, 0.3) is 10.8 Å². The molecule has 2 unspecified atom stereocenters. The lowest BCUT2D eigenvalue weighted by molar-refractivity contribution is -0.137. The number of hydrogen-bond donors (Lipinski definition) is 1. The minimum absolute atomic E-state index is 0.0164. The molecule has 2 aromatic rings. The Morgan fingerprint density at radius 2 is 1.86 bits per heavy atom. The van der Waals surface area contributed by atoms with Crippen LogP contribution in [0, 0.1) is 5.92 Å². The fraction of sp³-hybridized carbons (Fsp3) is 0.333. The van der Waals surface area contributed by atoms with Gasteiger partial charge in [0.1, 0.15) is 0 Å². The first kappa shape index (κ1) is 13.8. The third-order valence-corrected chi connectivity index (χ3v) is 4.31. The monoisotopic (exact) mass is 281 g/mol.